The lowest BCUT2D eigenvalue weighted by Crippen LogP contribution is -2.31. The van der Waals surface area contributed by atoms with Gasteiger partial charge in [-0.15, -0.1) is 0 Å². The fourth-order valence-corrected chi connectivity index (χ4v) is 5.31. The lowest BCUT2D eigenvalue weighted by molar-refractivity contribution is -0.777. The Morgan fingerprint density at radius 1 is 0.816 bits per heavy atom. The van der Waals surface area contributed by atoms with Crippen molar-refractivity contribution in [2.45, 2.75) is 98.5 Å². The van der Waals surface area contributed by atoms with Crippen LogP contribution < -0.4 is 5.26 Å². The first-order chi connectivity index (χ1) is 17.8. The van der Waals surface area contributed by atoms with Crippen LogP contribution in [0.2, 0.25) is 0 Å². The van der Waals surface area contributed by atoms with E-state index in [0.29, 0.717) is 63.5 Å². The molecule has 0 heterocycles. The van der Waals surface area contributed by atoms with Gasteiger partial charge in [0.1, 0.15) is 5.60 Å². The Balaban J connectivity index is 4.72. The van der Waals surface area contributed by atoms with Crippen molar-refractivity contribution in [2.24, 2.45) is 17.3 Å². The summed E-state index contributed by atoms with van der Waals surface area (Å²) in [7, 11) is -4.16. The molecule has 0 N–H and O–H groups in total. The molecule has 2 unspecified atom stereocenters. The molecule has 0 aliphatic rings. The fraction of sp³-hybridized carbons (Fsp3) is 0.926. The highest BCUT2D eigenvalue weighted by Gasteiger charge is 2.27. The Hall–Kier alpha value is -0.420. The molecule has 0 bridgehead atoms. The maximum absolute atomic E-state index is 10.7. The zero-order valence-corrected chi connectivity index (χ0v) is 25.9. The summed E-state index contributed by atoms with van der Waals surface area (Å²) in [4.78, 5) is 0. The molecule has 11 heteroatoms. The van der Waals surface area contributed by atoms with Crippen molar-refractivity contribution in [1.82, 2.24) is 0 Å². The number of hydrogen-bond acceptors (Lipinski definition) is 10. The fourth-order valence-electron chi connectivity index (χ4n) is 4.32. The number of hydrogen-bond donors (Lipinski definition) is 0. The van der Waals surface area contributed by atoms with Gasteiger partial charge in [0.25, 0.3) is 0 Å². The first-order valence-corrected chi connectivity index (χ1v) is 16.1. The number of ether oxygens (including phenoxy) is 3. The van der Waals surface area contributed by atoms with Gasteiger partial charge in [-0.25, -0.2) is 8.42 Å². The summed E-state index contributed by atoms with van der Waals surface area (Å²) in [6.07, 6.45) is 6.24. The van der Waals surface area contributed by atoms with Gasteiger partial charge in [0.15, 0.2) is 0 Å². The summed E-state index contributed by atoms with van der Waals surface area (Å²) in [5.74, 6) is 8.30. The van der Waals surface area contributed by atoms with Crippen molar-refractivity contribution in [3.05, 3.63) is 0 Å². The minimum absolute atomic E-state index is 0.149. The third-order valence-corrected chi connectivity index (χ3v) is 7.12. The van der Waals surface area contributed by atoms with E-state index in [-0.39, 0.29) is 11.2 Å². The maximum atomic E-state index is 10.7. The van der Waals surface area contributed by atoms with Gasteiger partial charge in [-0.2, -0.15) is 4.33 Å². The van der Waals surface area contributed by atoms with E-state index in [1.165, 1.54) is 0 Å². The van der Waals surface area contributed by atoms with Crippen LogP contribution in [0.4, 0.5) is 0 Å². The van der Waals surface area contributed by atoms with Gasteiger partial charge in [0.2, 0.25) is 0 Å². The normalized spacial score (nSPS) is 15.3. The lowest BCUT2D eigenvalue weighted by Gasteiger charge is -2.29. The molecule has 0 amide bonds. The van der Waals surface area contributed by atoms with Crippen LogP contribution in [0, 0.1) is 29.1 Å². The van der Waals surface area contributed by atoms with E-state index in [2.05, 4.69) is 55.8 Å². The van der Waals surface area contributed by atoms with E-state index < -0.39 is 15.7 Å². The van der Waals surface area contributed by atoms with Gasteiger partial charge in [-0.05, 0) is 77.0 Å². The first kappa shape index (κ1) is 37.6. The van der Waals surface area contributed by atoms with Crippen molar-refractivity contribution < 1.29 is 41.8 Å². The summed E-state index contributed by atoms with van der Waals surface area (Å²) in [5, 5.41) is 13.0. The summed E-state index contributed by atoms with van der Waals surface area (Å²) in [6.45, 7) is 15.5. The van der Waals surface area contributed by atoms with E-state index in [4.69, 9.17) is 14.2 Å². The van der Waals surface area contributed by atoms with Gasteiger partial charge >= 0.3 is 0 Å². The largest absolute Gasteiger partial charge is 0.748 e. The van der Waals surface area contributed by atoms with E-state index in [0.717, 1.165) is 50.6 Å². The smallest absolute Gasteiger partial charge is 0.126 e. The molecule has 0 aromatic heterocycles. The van der Waals surface area contributed by atoms with Crippen LogP contribution in [0.15, 0.2) is 0 Å². The van der Waals surface area contributed by atoms with Crippen molar-refractivity contribution in [2.75, 3.05) is 44.5 Å². The highest BCUT2D eigenvalue weighted by Crippen LogP contribution is 2.32. The van der Waals surface area contributed by atoms with E-state index in [1.54, 1.807) is 0 Å². The van der Waals surface area contributed by atoms with Crippen molar-refractivity contribution in [3.63, 3.8) is 0 Å². The first-order valence-electron chi connectivity index (χ1n) is 13.7. The number of unbranched alkanes of at least 4 members (excludes halogenated alkanes) is 2. The van der Waals surface area contributed by atoms with Gasteiger partial charge < -0.3 is 24.0 Å². The van der Waals surface area contributed by atoms with Crippen LogP contribution in [-0.2, 0) is 33.7 Å². The molecule has 226 valence electrons. The highest BCUT2D eigenvalue weighted by molar-refractivity contribution is 7.94. The summed E-state index contributed by atoms with van der Waals surface area (Å²) in [5.41, 5.74) is -0.744. The van der Waals surface area contributed by atoms with E-state index in [1.807, 2.05) is 6.92 Å². The van der Waals surface area contributed by atoms with Gasteiger partial charge in [0.05, 0.1) is 23.3 Å². The maximum Gasteiger partial charge on any atom is 0.126 e. The van der Waals surface area contributed by atoms with Crippen LogP contribution in [0.3, 0.4) is 0 Å². The summed E-state index contributed by atoms with van der Waals surface area (Å²) >= 11 is 1.00. The monoisotopic (exact) mass is 582 g/mol. The molecule has 9 nitrogen and oxygen atoms in total. The van der Waals surface area contributed by atoms with Crippen LogP contribution in [0.25, 0.3) is 0 Å². The Kier molecular flexibility index (Phi) is 21.1. The van der Waals surface area contributed by atoms with Crippen LogP contribution in [0.5, 0.6) is 0 Å². The Bertz CT molecular complexity index is 749. The van der Waals surface area contributed by atoms with Gasteiger partial charge in [-0.3, -0.25) is 5.04 Å². The molecule has 0 spiro atoms. The molecule has 38 heavy (non-hydrogen) atoms. The molecule has 0 aliphatic heterocycles. The molecule has 0 saturated carbocycles. The summed E-state index contributed by atoms with van der Waals surface area (Å²) < 4.78 is 53.7. The Morgan fingerprint density at radius 2 is 1.42 bits per heavy atom. The van der Waals surface area contributed by atoms with Crippen LogP contribution in [0.1, 0.15) is 92.9 Å². The molecular formula is C27H50O9S2-2. The number of rotatable bonds is 24. The SMILES string of the molecule is CC(C)CC(C)(C#CC(C)(CC(C)C)OCCOCCCCS(=O)(=O)[O-])CCCOCCCCSOO[O-]. The van der Waals surface area contributed by atoms with Crippen LogP contribution in [-0.4, -0.2) is 63.1 Å². The van der Waals surface area contributed by atoms with Gasteiger partial charge in [-0.1, -0.05) is 39.5 Å². The molecule has 0 fully saturated rings. The zero-order valence-electron chi connectivity index (χ0n) is 24.3. The predicted octanol–water partition coefficient (Wildman–Crippen LogP) is 4.65. The molecule has 0 rings (SSSR count). The molecule has 2 atom stereocenters. The van der Waals surface area contributed by atoms with Crippen LogP contribution >= 0.6 is 12.0 Å². The second kappa shape index (κ2) is 21.3. The molecular weight excluding hydrogens is 532 g/mol. The Labute approximate surface area is 235 Å². The summed E-state index contributed by atoms with van der Waals surface area (Å²) in [6, 6.07) is 0. The standard InChI is InChI=1S/C27H52O9S2/c1-24(2)22-26(5,12-11-17-32-15-7-9-20-37-36-35-28)13-14-27(6,23-25(3)4)34-19-18-33-16-8-10-21-38(29,30)31/h24-25,28H,7-12,15-23H2,1-6H3,(H,29,30,31)/p-2. The topological polar surface area (TPSA) is 126 Å². The van der Waals surface area contributed by atoms with Gasteiger partial charge in [0, 0.05) is 48.8 Å². The minimum atomic E-state index is -4.16. The third-order valence-electron chi connectivity index (χ3n) is 5.73. The van der Waals surface area contributed by atoms with Crippen molar-refractivity contribution >= 4 is 22.2 Å². The predicted molar refractivity (Wildman–Crippen MR) is 148 cm³/mol. The van der Waals surface area contributed by atoms with Crippen molar-refractivity contribution in [3.8, 4) is 11.8 Å². The average Bonchev–Trinajstić information content (AvgIpc) is 2.79. The second-order valence-corrected chi connectivity index (χ2v) is 13.4. The molecule has 0 aromatic rings. The quantitative estimate of drug-likeness (QED) is 0.0396. The molecule has 0 aliphatic carbocycles. The minimum Gasteiger partial charge on any atom is -0.748 e. The zero-order chi connectivity index (χ0) is 28.9. The third kappa shape index (κ3) is 23.5. The molecule has 0 radical (unpaired) electrons. The van der Waals surface area contributed by atoms with Crippen molar-refractivity contribution in [1.29, 1.82) is 0 Å². The van der Waals surface area contributed by atoms with E-state index in [9.17, 15) is 18.2 Å². The Morgan fingerprint density at radius 3 is 2.03 bits per heavy atom. The molecule has 0 aromatic carbocycles. The van der Waals surface area contributed by atoms with E-state index >= 15 is 0 Å². The highest BCUT2D eigenvalue weighted by atomic mass is 32.2. The molecule has 0 saturated heterocycles. The lowest BCUT2D eigenvalue weighted by atomic mass is 9.78. The average molecular weight is 583 g/mol. The second-order valence-electron chi connectivity index (χ2n) is 11.0.